The molecule has 0 unspecified atom stereocenters. The fourth-order valence-corrected chi connectivity index (χ4v) is 1.49. The number of hydrogen-bond acceptors (Lipinski definition) is 4. The van der Waals surface area contributed by atoms with Crippen LogP contribution < -0.4 is 5.43 Å². The van der Waals surface area contributed by atoms with Gasteiger partial charge in [0.15, 0.2) is 17.8 Å². The molecule has 1 heterocycles. The highest BCUT2D eigenvalue weighted by Gasteiger charge is 2.13. The molecule has 0 saturated carbocycles. The second kappa shape index (κ2) is 5.77. The summed E-state index contributed by atoms with van der Waals surface area (Å²) in [7, 11) is 0. The summed E-state index contributed by atoms with van der Waals surface area (Å²) < 4.78 is 4.82. The van der Waals surface area contributed by atoms with Crippen LogP contribution in [0.25, 0.3) is 0 Å². The number of hydrogen-bond donors (Lipinski definition) is 1. The Balaban J connectivity index is 2.00. The molecule has 19 heavy (non-hydrogen) atoms. The van der Waals surface area contributed by atoms with Gasteiger partial charge in [0.1, 0.15) is 5.56 Å². The molecule has 0 bridgehead atoms. The minimum Gasteiger partial charge on any atom is -0.454 e. The van der Waals surface area contributed by atoms with Gasteiger partial charge in [0.25, 0.3) is 0 Å². The van der Waals surface area contributed by atoms with Crippen molar-refractivity contribution >= 4 is 11.8 Å². The van der Waals surface area contributed by atoms with Gasteiger partial charge in [0, 0.05) is 24.0 Å². The summed E-state index contributed by atoms with van der Waals surface area (Å²) in [4.78, 5) is 37.3. The first-order valence-electron chi connectivity index (χ1n) is 5.61. The number of nitrogens with one attached hydrogen (secondary N) is 1. The lowest BCUT2D eigenvalue weighted by atomic mass is 10.1. The van der Waals surface area contributed by atoms with Crippen molar-refractivity contribution in [3.05, 3.63) is 70.1 Å². The van der Waals surface area contributed by atoms with Gasteiger partial charge in [-0.3, -0.25) is 9.59 Å². The zero-order chi connectivity index (χ0) is 13.7. The van der Waals surface area contributed by atoms with E-state index in [0.29, 0.717) is 5.56 Å². The predicted molar refractivity (Wildman–Crippen MR) is 68.1 cm³/mol. The molecular weight excluding hydrogens is 246 g/mol. The maximum absolute atomic E-state index is 11.7. The Hall–Kier alpha value is -2.69. The van der Waals surface area contributed by atoms with Gasteiger partial charge in [-0.15, -0.1) is 0 Å². The van der Waals surface area contributed by atoms with Gasteiger partial charge in [-0.05, 0) is 0 Å². The highest BCUT2D eigenvalue weighted by Crippen LogP contribution is 2.01. The third-order valence-corrected chi connectivity index (χ3v) is 2.47. The maximum atomic E-state index is 11.7. The van der Waals surface area contributed by atoms with Crippen LogP contribution in [0, 0.1) is 0 Å². The molecule has 0 radical (unpaired) electrons. The summed E-state index contributed by atoms with van der Waals surface area (Å²) in [5, 5.41) is 0. The molecule has 0 amide bonds. The van der Waals surface area contributed by atoms with Crippen LogP contribution >= 0.6 is 0 Å². The number of carbonyl (C=O) groups excluding carboxylic acids is 2. The lowest BCUT2D eigenvalue weighted by Crippen LogP contribution is -2.20. The van der Waals surface area contributed by atoms with E-state index < -0.39 is 18.0 Å². The number of ether oxygens (including phenoxy) is 1. The minimum absolute atomic E-state index is 0.122. The first-order valence-corrected chi connectivity index (χ1v) is 5.61. The number of carbonyl (C=O) groups is 2. The molecule has 0 saturated heterocycles. The second-order valence-corrected chi connectivity index (χ2v) is 3.79. The molecule has 2 rings (SSSR count). The van der Waals surface area contributed by atoms with Crippen LogP contribution in [0.5, 0.6) is 0 Å². The first kappa shape index (κ1) is 12.8. The number of H-pyrrole nitrogens is 1. The van der Waals surface area contributed by atoms with Crippen molar-refractivity contribution in [1.82, 2.24) is 4.98 Å². The molecule has 96 valence electrons. The molecule has 0 aliphatic rings. The Morgan fingerprint density at radius 1 is 1.11 bits per heavy atom. The van der Waals surface area contributed by atoms with Gasteiger partial charge in [0.2, 0.25) is 0 Å². The van der Waals surface area contributed by atoms with Gasteiger partial charge < -0.3 is 9.72 Å². The summed E-state index contributed by atoms with van der Waals surface area (Å²) in [5.74, 6) is -1.13. The van der Waals surface area contributed by atoms with Crippen LogP contribution in [-0.4, -0.2) is 23.3 Å². The summed E-state index contributed by atoms with van der Waals surface area (Å²) in [6, 6.07) is 9.70. The van der Waals surface area contributed by atoms with E-state index in [4.69, 9.17) is 4.74 Å². The van der Waals surface area contributed by atoms with E-state index >= 15 is 0 Å². The molecule has 5 heteroatoms. The normalized spacial score (nSPS) is 9.89. The van der Waals surface area contributed by atoms with E-state index in [1.807, 2.05) is 0 Å². The number of rotatable bonds is 4. The molecule has 1 aromatic carbocycles. The molecule has 0 atom stereocenters. The standard InChI is InChI=1S/C14H11NO4/c16-12-6-7-15-8-11(12)14(18)19-9-13(17)10-4-2-1-3-5-10/h1-8H,9H2,(H,15,16). The van der Waals surface area contributed by atoms with Gasteiger partial charge in [0.05, 0.1) is 0 Å². The van der Waals surface area contributed by atoms with Crippen LogP contribution in [0.15, 0.2) is 53.6 Å². The molecule has 0 spiro atoms. The zero-order valence-electron chi connectivity index (χ0n) is 9.96. The maximum Gasteiger partial charge on any atom is 0.344 e. The average molecular weight is 257 g/mol. The largest absolute Gasteiger partial charge is 0.454 e. The predicted octanol–water partition coefficient (Wildman–Crippen LogP) is 1.41. The van der Waals surface area contributed by atoms with Crippen molar-refractivity contribution in [2.45, 2.75) is 0 Å². The van der Waals surface area contributed by atoms with Crippen molar-refractivity contribution in [3.63, 3.8) is 0 Å². The molecule has 5 nitrogen and oxygen atoms in total. The number of Topliss-reactive ketones (excluding diaryl/α,β-unsaturated/α-hetero) is 1. The zero-order valence-corrected chi connectivity index (χ0v) is 9.96. The summed E-state index contributed by atoms with van der Waals surface area (Å²) >= 11 is 0. The van der Waals surface area contributed by atoms with Gasteiger partial charge in [-0.25, -0.2) is 4.79 Å². The lowest BCUT2D eigenvalue weighted by molar-refractivity contribution is 0.0473. The summed E-state index contributed by atoms with van der Waals surface area (Å²) in [6.07, 6.45) is 2.66. The molecule has 1 aromatic heterocycles. The third-order valence-electron chi connectivity index (χ3n) is 2.47. The quantitative estimate of drug-likeness (QED) is 0.663. The van der Waals surface area contributed by atoms with Crippen molar-refractivity contribution in [2.75, 3.05) is 6.61 Å². The molecule has 0 fully saturated rings. The van der Waals surface area contributed by atoms with E-state index in [2.05, 4.69) is 4.98 Å². The molecule has 0 aliphatic heterocycles. The number of aromatic nitrogens is 1. The Kier molecular flexibility index (Phi) is 3.87. The van der Waals surface area contributed by atoms with Crippen molar-refractivity contribution in [2.24, 2.45) is 0 Å². The van der Waals surface area contributed by atoms with Gasteiger partial charge >= 0.3 is 5.97 Å². The minimum atomic E-state index is -0.814. The number of benzene rings is 1. The van der Waals surface area contributed by atoms with Crippen molar-refractivity contribution in [1.29, 1.82) is 0 Å². The molecule has 0 aliphatic carbocycles. The fraction of sp³-hybridized carbons (Fsp3) is 0.0714. The van der Waals surface area contributed by atoms with E-state index in [1.165, 1.54) is 18.5 Å². The second-order valence-electron chi connectivity index (χ2n) is 3.79. The molecular formula is C14H11NO4. The van der Waals surface area contributed by atoms with E-state index in [9.17, 15) is 14.4 Å². The Labute approximate surface area is 108 Å². The Morgan fingerprint density at radius 3 is 2.53 bits per heavy atom. The highest BCUT2D eigenvalue weighted by molar-refractivity contribution is 5.99. The smallest absolute Gasteiger partial charge is 0.344 e. The molecule has 1 N–H and O–H groups in total. The number of esters is 1. The van der Waals surface area contributed by atoms with E-state index in [-0.39, 0.29) is 11.3 Å². The Morgan fingerprint density at radius 2 is 1.84 bits per heavy atom. The van der Waals surface area contributed by atoms with Crippen LogP contribution in [0.2, 0.25) is 0 Å². The number of pyridine rings is 1. The average Bonchev–Trinajstić information content (AvgIpc) is 2.46. The van der Waals surface area contributed by atoms with Crippen LogP contribution in [0.3, 0.4) is 0 Å². The van der Waals surface area contributed by atoms with Gasteiger partial charge in [-0.2, -0.15) is 0 Å². The SMILES string of the molecule is O=C(COC(=O)c1c[nH]ccc1=O)c1ccccc1. The topological polar surface area (TPSA) is 76.2 Å². The van der Waals surface area contributed by atoms with E-state index in [1.54, 1.807) is 30.3 Å². The first-order chi connectivity index (χ1) is 9.18. The highest BCUT2D eigenvalue weighted by atomic mass is 16.5. The Bertz CT molecular complexity index is 646. The van der Waals surface area contributed by atoms with Crippen molar-refractivity contribution in [3.8, 4) is 0 Å². The third kappa shape index (κ3) is 3.16. The fourth-order valence-electron chi connectivity index (χ4n) is 1.49. The summed E-state index contributed by atoms with van der Waals surface area (Å²) in [6.45, 7) is -0.392. The monoisotopic (exact) mass is 257 g/mol. The van der Waals surface area contributed by atoms with Crippen LogP contribution in [0.1, 0.15) is 20.7 Å². The van der Waals surface area contributed by atoms with Crippen LogP contribution in [0.4, 0.5) is 0 Å². The van der Waals surface area contributed by atoms with Crippen molar-refractivity contribution < 1.29 is 14.3 Å². The lowest BCUT2D eigenvalue weighted by Gasteiger charge is -2.03. The van der Waals surface area contributed by atoms with Crippen LogP contribution in [-0.2, 0) is 4.74 Å². The van der Waals surface area contributed by atoms with E-state index in [0.717, 1.165) is 0 Å². The molecule has 2 aromatic rings. The summed E-state index contributed by atoms with van der Waals surface area (Å²) in [5.41, 5.74) is -0.114. The number of ketones is 1. The number of aromatic amines is 1. The van der Waals surface area contributed by atoms with Gasteiger partial charge in [-0.1, -0.05) is 30.3 Å².